The largest absolute Gasteiger partial charge is 0.501 e. The van der Waals surface area contributed by atoms with E-state index >= 15 is 0 Å². The lowest BCUT2D eigenvalue weighted by Gasteiger charge is -1.95. The second-order valence-corrected chi connectivity index (χ2v) is 2.14. The Labute approximate surface area is 61.9 Å². The van der Waals surface area contributed by atoms with Gasteiger partial charge in [-0.05, 0) is 13.3 Å². The molecule has 0 saturated heterocycles. The van der Waals surface area contributed by atoms with Crippen LogP contribution >= 0.6 is 0 Å². The second-order valence-electron chi connectivity index (χ2n) is 2.14. The molecule has 0 aromatic rings. The molecule has 0 N–H and O–H groups in total. The lowest BCUT2D eigenvalue weighted by atomic mass is 10.4. The van der Waals surface area contributed by atoms with Crippen LogP contribution in [0.1, 0.15) is 26.7 Å². The Hall–Kier alpha value is -0.790. The summed E-state index contributed by atoms with van der Waals surface area (Å²) in [4.78, 5) is 10.3. The molecule has 0 aliphatic heterocycles. The molecule has 0 saturated carbocycles. The topological polar surface area (TPSA) is 26.3 Å². The molecule has 2 nitrogen and oxygen atoms in total. The third-order valence-corrected chi connectivity index (χ3v) is 1.01. The summed E-state index contributed by atoms with van der Waals surface area (Å²) in [5.74, 6) is 0.0245. The van der Waals surface area contributed by atoms with Crippen molar-refractivity contribution in [1.29, 1.82) is 0 Å². The van der Waals surface area contributed by atoms with Crippen molar-refractivity contribution in [1.82, 2.24) is 0 Å². The van der Waals surface area contributed by atoms with E-state index in [9.17, 15) is 4.79 Å². The molecule has 0 aliphatic carbocycles. The molecular formula is C8H14O2. The Balaban J connectivity index is 3.10. The van der Waals surface area contributed by atoms with E-state index in [2.05, 4.69) is 6.92 Å². The van der Waals surface area contributed by atoms with Crippen LogP contribution in [0.4, 0.5) is 0 Å². The predicted molar refractivity (Wildman–Crippen MR) is 40.7 cm³/mol. The van der Waals surface area contributed by atoms with Crippen molar-refractivity contribution >= 4 is 5.78 Å². The summed E-state index contributed by atoms with van der Waals surface area (Å²) in [5.41, 5.74) is 0. The molecule has 0 rings (SSSR count). The van der Waals surface area contributed by atoms with Crippen molar-refractivity contribution in [2.75, 3.05) is 6.61 Å². The zero-order chi connectivity index (χ0) is 7.82. The van der Waals surface area contributed by atoms with Crippen molar-refractivity contribution in [2.24, 2.45) is 0 Å². The average Bonchev–Trinajstić information content (AvgIpc) is 1.87. The van der Waals surface area contributed by atoms with Crippen molar-refractivity contribution in [3.8, 4) is 0 Å². The van der Waals surface area contributed by atoms with Gasteiger partial charge in [0.15, 0.2) is 5.78 Å². The number of carbonyl (C=O) groups excluding carboxylic acids is 1. The van der Waals surface area contributed by atoms with E-state index in [1.807, 2.05) is 0 Å². The van der Waals surface area contributed by atoms with E-state index < -0.39 is 0 Å². The first-order valence-corrected chi connectivity index (χ1v) is 3.56. The van der Waals surface area contributed by atoms with E-state index in [0.29, 0.717) is 6.61 Å². The van der Waals surface area contributed by atoms with Crippen LogP contribution in [0, 0.1) is 0 Å². The smallest absolute Gasteiger partial charge is 0.155 e. The molecular weight excluding hydrogens is 128 g/mol. The number of hydrogen-bond donors (Lipinski definition) is 0. The number of ketones is 1. The number of hydrogen-bond acceptors (Lipinski definition) is 2. The third-order valence-electron chi connectivity index (χ3n) is 1.01. The second kappa shape index (κ2) is 6.33. The summed E-state index contributed by atoms with van der Waals surface area (Å²) in [5, 5.41) is 0. The van der Waals surface area contributed by atoms with E-state index in [0.717, 1.165) is 12.8 Å². The van der Waals surface area contributed by atoms with Gasteiger partial charge in [0.25, 0.3) is 0 Å². The number of ether oxygens (including phenoxy) is 1. The summed E-state index contributed by atoms with van der Waals surface area (Å²) in [6, 6.07) is 0. The maximum absolute atomic E-state index is 10.3. The average molecular weight is 142 g/mol. The monoisotopic (exact) mass is 142 g/mol. The molecule has 10 heavy (non-hydrogen) atoms. The van der Waals surface area contributed by atoms with Crippen molar-refractivity contribution in [3.05, 3.63) is 12.3 Å². The molecule has 0 amide bonds. The Bertz CT molecular complexity index is 116. The Morgan fingerprint density at radius 1 is 1.60 bits per heavy atom. The summed E-state index contributed by atoms with van der Waals surface area (Å²) >= 11 is 0. The van der Waals surface area contributed by atoms with Gasteiger partial charge in [-0.15, -0.1) is 0 Å². The molecule has 2 heteroatoms. The van der Waals surface area contributed by atoms with E-state index in [1.54, 1.807) is 0 Å². The van der Waals surface area contributed by atoms with Crippen molar-refractivity contribution in [2.45, 2.75) is 26.7 Å². The van der Waals surface area contributed by atoms with Crippen LogP contribution in [-0.4, -0.2) is 12.4 Å². The van der Waals surface area contributed by atoms with Gasteiger partial charge in [-0.25, -0.2) is 0 Å². The highest BCUT2D eigenvalue weighted by Crippen LogP contribution is 1.88. The van der Waals surface area contributed by atoms with Gasteiger partial charge in [-0.2, -0.15) is 0 Å². The van der Waals surface area contributed by atoms with Gasteiger partial charge in [0.2, 0.25) is 0 Å². The van der Waals surface area contributed by atoms with Gasteiger partial charge in [0.05, 0.1) is 12.9 Å². The van der Waals surface area contributed by atoms with Gasteiger partial charge in [0, 0.05) is 6.08 Å². The minimum absolute atomic E-state index is 0.0245. The first kappa shape index (κ1) is 9.21. The molecule has 0 spiro atoms. The summed E-state index contributed by atoms with van der Waals surface area (Å²) in [7, 11) is 0. The summed E-state index contributed by atoms with van der Waals surface area (Å²) in [6.45, 7) is 4.30. The number of allylic oxidation sites excluding steroid dienone is 1. The SMILES string of the molecule is CCCCOC=CC(C)=O. The number of rotatable bonds is 5. The quantitative estimate of drug-likeness (QED) is 0.333. The maximum Gasteiger partial charge on any atom is 0.155 e. The molecule has 0 aromatic heterocycles. The van der Waals surface area contributed by atoms with Gasteiger partial charge < -0.3 is 4.74 Å². The normalized spacial score (nSPS) is 10.2. The van der Waals surface area contributed by atoms with Crippen LogP contribution in [0.25, 0.3) is 0 Å². The van der Waals surface area contributed by atoms with Gasteiger partial charge in [-0.3, -0.25) is 4.79 Å². The standard InChI is InChI=1S/C8H14O2/c1-3-4-6-10-7-5-8(2)9/h5,7H,3-4,6H2,1-2H3. The molecule has 0 bridgehead atoms. The van der Waals surface area contributed by atoms with Crippen LogP contribution in [0.15, 0.2) is 12.3 Å². The predicted octanol–water partition coefficient (Wildman–Crippen LogP) is 1.91. The lowest BCUT2D eigenvalue weighted by Crippen LogP contribution is -1.87. The van der Waals surface area contributed by atoms with Crippen LogP contribution in [0.5, 0.6) is 0 Å². The van der Waals surface area contributed by atoms with Crippen molar-refractivity contribution < 1.29 is 9.53 Å². The molecule has 0 unspecified atom stereocenters. The Kier molecular flexibility index (Phi) is 5.83. The van der Waals surface area contributed by atoms with E-state index in [4.69, 9.17) is 4.74 Å². The fourth-order valence-electron chi connectivity index (χ4n) is 0.440. The van der Waals surface area contributed by atoms with E-state index in [-0.39, 0.29) is 5.78 Å². The zero-order valence-electron chi connectivity index (χ0n) is 6.59. The molecule has 0 heterocycles. The first-order chi connectivity index (χ1) is 4.77. The molecule has 0 fully saturated rings. The molecule has 58 valence electrons. The minimum Gasteiger partial charge on any atom is -0.501 e. The summed E-state index contributed by atoms with van der Waals surface area (Å²) in [6.07, 6.45) is 5.05. The minimum atomic E-state index is 0.0245. The van der Waals surface area contributed by atoms with Crippen LogP contribution in [0.2, 0.25) is 0 Å². The number of unbranched alkanes of at least 4 members (excludes halogenated alkanes) is 1. The van der Waals surface area contributed by atoms with Crippen LogP contribution in [-0.2, 0) is 9.53 Å². The van der Waals surface area contributed by atoms with Gasteiger partial charge in [-0.1, -0.05) is 13.3 Å². The highest BCUT2D eigenvalue weighted by Gasteiger charge is 1.82. The summed E-state index contributed by atoms with van der Waals surface area (Å²) < 4.78 is 4.98. The first-order valence-electron chi connectivity index (χ1n) is 3.56. The molecule has 0 atom stereocenters. The Morgan fingerprint density at radius 3 is 2.80 bits per heavy atom. The molecule has 0 radical (unpaired) electrons. The van der Waals surface area contributed by atoms with Gasteiger partial charge >= 0.3 is 0 Å². The third kappa shape index (κ3) is 7.21. The molecule has 0 aromatic carbocycles. The number of carbonyl (C=O) groups is 1. The fourth-order valence-corrected chi connectivity index (χ4v) is 0.440. The fraction of sp³-hybridized carbons (Fsp3) is 0.625. The van der Waals surface area contributed by atoms with Crippen LogP contribution in [0.3, 0.4) is 0 Å². The van der Waals surface area contributed by atoms with Gasteiger partial charge in [0.1, 0.15) is 0 Å². The maximum atomic E-state index is 10.3. The van der Waals surface area contributed by atoms with E-state index in [1.165, 1.54) is 19.3 Å². The highest BCUT2D eigenvalue weighted by molar-refractivity contribution is 5.86. The lowest BCUT2D eigenvalue weighted by molar-refractivity contribution is -0.112. The highest BCUT2D eigenvalue weighted by atomic mass is 16.5. The van der Waals surface area contributed by atoms with Crippen LogP contribution < -0.4 is 0 Å². The Morgan fingerprint density at radius 2 is 2.30 bits per heavy atom. The molecule has 0 aliphatic rings. The van der Waals surface area contributed by atoms with Crippen molar-refractivity contribution in [3.63, 3.8) is 0 Å². The zero-order valence-corrected chi connectivity index (χ0v) is 6.59.